The lowest BCUT2D eigenvalue weighted by Gasteiger charge is -1.93. The molecule has 0 aromatic heterocycles. The molecule has 0 bridgehead atoms. The van der Waals surface area contributed by atoms with E-state index in [0.717, 1.165) is 6.42 Å². The summed E-state index contributed by atoms with van der Waals surface area (Å²) in [5.74, 6) is 0. The second-order valence-corrected chi connectivity index (χ2v) is 3.06. The summed E-state index contributed by atoms with van der Waals surface area (Å²) in [5, 5.41) is 0. The van der Waals surface area contributed by atoms with Crippen LogP contribution in [0, 0.1) is 0 Å². The quantitative estimate of drug-likeness (QED) is 0.324. The SMILES string of the molecule is C=C/C=C\C(CC[SiH3])=NC. The third-order valence-electron chi connectivity index (χ3n) is 1.22. The van der Waals surface area contributed by atoms with Crippen molar-refractivity contribution in [3.05, 3.63) is 24.8 Å². The first-order valence-corrected chi connectivity index (χ1v) is 5.01. The Morgan fingerprint density at radius 2 is 2.40 bits per heavy atom. The maximum absolute atomic E-state index is 4.12. The van der Waals surface area contributed by atoms with Crippen molar-refractivity contribution in [1.82, 2.24) is 0 Å². The molecule has 0 unspecified atom stereocenters. The summed E-state index contributed by atoms with van der Waals surface area (Å²) in [6, 6.07) is 1.29. The van der Waals surface area contributed by atoms with Crippen molar-refractivity contribution in [3.63, 3.8) is 0 Å². The molecule has 0 rings (SSSR count). The zero-order valence-electron chi connectivity index (χ0n) is 6.80. The van der Waals surface area contributed by atoms with Gasteiger partial charge in [-0.15, -0.1) is 0 Å². The lowest BCUT2D eigenvalue weighted by Crippen LogP contribution is -1.91. The van der Waals surface area contributed by atoms with Crippen molar-refractivity contribution in [1.29, 1.82) is 0 Å². The molecule has 0 aromatic carbocycles. The molecule has 1 nitrogen and oxygen atoms in total. The highest BCUT2D eigenvalue weighted by atomic mass is 28.1. The summed E-state index contributed by atoms with van der Waals surface area (Å²) in [5.41, 5.74) is 1.18. The van der Waals surface area contributed by atoms with E-state index in [2.05, 4.69) is 11.6 Å². The summed E-state index contributed by atoms with van der Waals surface area (Å²) in [4.78, 5) is 4.12. The Bertz CT molecular complexity index is 147. The molecule has 0 heterocycles. The highest BCUT2D eigenvalue weighted by Gasteiger charge is 1.87. The molecule has 0 N–H and O–H groups in total. The van der Waals surface area contributed by atoms with Crippen molar-refractivity contribution in [2.75, 3.05) is 7.05 Å². The minimum atomic E-state index is 1.12. The molecular formula is C8H15NSi. The van der Waals surface area contributed by atoms with Crippen LogP contribution in [0.15, 0.2) is 29.8 Å². The average Bonchev–Trinajstić information content (AvgIpc) is 1.98. The van der Waals surface area contributed by atoms with Gasteiger partial charge >= 0.3 is 0 Å². The largest absolute Gasteiger partial charge is 0.293 e. The monoisotopic (exact) mass is 153 g/mol. The van der Waals surface area contributed by atoms with Gasteiger partial charge in [0.2, 0.25) is 0 Å². The molecule has 0 amide bonds. The Balaban J connectivity index is 3.84. The zero-order valence-corrected chi connectivity index (χ0v) is 8.80. The zero-order chi connectivity index (χ0) is 7.82. The topological polar surface area (TPSA) is 12.4 Å². The second kappa shape index (κ2) is 6.49. The molecular weight excluding hydrogens is 138 g/mol. The van der Waals surface area contributed by atoms with Crippen LogP contribution in [0.2, 0.25) is 6.04 Å². The highest BCUT2D eigenvalue weighted by Crippen LogP contribution is 1.92. The molecule has 0 aliphatic rings. The molecule has 0 aliphatic heterocycles. The van der Waals surface area contributed by atoms with Crippen molar-refractivity contribution >= 4 is 16.0 Å². The number of nitrogens with zero attached hydrogens (tertiary/aromatic N) is 1. The van der Waals surface area contributed by atoms with Crippen LogP contribution in [0.25, 0.3) is 0 Å². The van der Waals surface area contributed by atoms with E-state index in [1.54, 1.807) is 6.08 Å². The van der Waals surface area contributed by atoms with Crippen molar-refractivity contribution in [3.8, 4) is 0 Å². The van der Waals surface area contributed by atoms with Crippen LogP contribution >= 0.6 is 0 Å². The molecule has 0 atom stereocenters. The molecule has 0 aromatic rings. The Labute approximate surface area is 66.0 Å². The molecule has 0 fully saturated rings. The van der Waals surface area contributed by atoms with Crippen LogP contribution in [-0.4, -0.2) is 23.0 Å². The molecule has 56 valence electrons. The Hall–Kier alpha value is -0.633. The van der Waals surface area contributed by atoms with Crippen LogP contribution in [0.4, 0.5) is 0 Å². The number of hydrogen-bond donors (Lipinski definition) is 0. The van der Waals surface area contributed by atoms with Crippen LogP contribution in [-0.2, 0) is 0 Å². The van der Waals surface area contributed by atoms with Crippen LogP contribution in [0.5, 0.6) is 0 Å². The average molecular weight is 153 g/mol. The van der Waals surface area contributed by atoms with Gasteiger partial charge in [0.1, 0.15) is 0 Å². The van der Waals surface area contributed by atoms with Gasteiger partial charge in [0, 0.05) is 23.0 Å². The summed E-state index contributed by atoms with van der Waals surface area (Å²) < 4.78 is 0. The van der Waals surface area contributed by atoms with Gasteiger partial charge in [-0.2, -0.15) is 0 Å². The third kappa shape index (κ3) is 4.27. The van der Waals surface area contributed by atoms with E-state index in [0.29, 0.717) is 0 Å². The first kappa shape index (κ1) is 9.37. The summed E-state index contributed by atoms with van der Waals surface area (Å²) in [6.45, 7) is 3.59. The Morgan fingerprint density at radius 1 is 1.70 bits per heavy atom. The summed E-state index contributed by atoms with van der Waals surface area (Å²) in [6.07, 6.45) is 6.84. The number of allylic oxidation sites excluding steroid dienone is 3. The summed E-state index contributed by atoms with van der Waals surface area (Å²) in [7, 11) is 3.09. The van der Waals surface area contributed by atoms with E-state index in [1.165, 1.54) is 22.0 Å². The van der Waals surface area contributed by atoms with Crippen molar-refractivity contribution in [2.24, 2.45) is 4.99 Å². The predicted octanol–water partition coefficient (Wildman–Crippen LogP) is 0.973. The molecule has 2 heteroatoms. The van der Waals surface area contributed by atoms with E-state index in [9.17, 15) is 0 Å². The van der Waals surface area contributed by atoms with Crippen molar-refractivity contribution in [2.45, 2.75) is 12.5 Å². The van der Waals surface area contributed by atoms with Crippen LogP contribution < -0.4 is 0 Å². The minimum Gasteiger partial charge on any atom is -0.293 e. The first-order valence-electron chi connectivity index (χ1n) is 3.60. The Morgan fingerprint density at radius 3 is 2.80 bits per heavy atom. The van der Waals surface area contributed by atoms with Gasteiger partial charge in [-0.1, -0.05) is 24.8 Å². The van der Waals surface area contributed by atoms with Crippen molar-refractivity contribution < 1.29 is 0 Å². The molecule has 0 radical (unpaired) electrons. The van der Waals surface area contributed by atoms with E-state index in [1.807, 2.05) is 19.2 Å². The number of rotatable bonds is 4. The van der Waals surface area contributed by atoms with Gasteiger partial charge < -0.3 is 0 Å². The molecule has 0 spiro atoms. The fraction of sp³-hybridized carbons (Fsp3) is 0.375. The van der Waals surface area contributed by atoms with E-state index >= 15 is 0 Å². The third-order valence-corrected chi connectivity index (χ3v) is 1.72. The van der Waals surface area contributed by atoms with Gasteiger partial charge in [-0.3, -0.25) is 4.99 Å². The number of hydrogen-bond acceptors (Lipinski definition) is 1. The van der Waals surface area contributed by atoms with Gasteiger partial charge in [0.25, 0.3) is 0 Å². The lowest BCUT2D eigenvalue weighted by molar-refractivity contribution is 1.25. The van der Waals surface area contributed by atoms with E-state index in [4.69, 9.17) is 0 Å². The lowest BCUT2D eigenvalue weighted by atomic mass is 10.2. The first-order chi connectivity index (χ1) is 4.85. The van der Waals surface area contributed by atoms with E-state index < -0.39 is 0 Å². The molecule has 10 heavy (non-hydrogen) atoms. The van der Waals surface area contributed by atoms with Gasteiger partial charge in [0.05, 0.1) is 0 Å². The van der Waals surface area contributed by atoms with Gasteiger partial charge in [0.15, 0.2) is 0 Å². The summed E-state index contributed by atoms with van der Waals surface area (Å²) >= 11 is 0. The van der Waals surface area contributed by atoms with Crippen LogP contribution in [0.3, 0.4) is 0 Å². The molecule has 0 saturated carbocycles. The van der Waals surface area contributed by atoms with E-state index in [-0.39, 0.29) is 0 Å². The smallest absolute Gasteiger partial charge is 0.0341 e. The normalized spacial score (nSPS) is 12.7. The Kier molecular flexibility index (Phi) is 6.08. The van der Waals surface area contributed by atoms with Gasteiger partial charge in [-0.25, -0.2) is 0 Å². The molecule has 0 saturated heterocycles. The maximum Gasteiger partial charge on any atom is 0.0341 e. The highest BCUT2D eigenvalue weighted by molar-refractivity contribution is 6.11. The second-order valence-electron chi connectivity index (χ2n) is 2.06. The standard InChI is InChI=1S/C8H15NSi/c1-3-4-5-8(9-2)6-7-10/h3-5H,1,6-7H2,2,10H3/b5-4-,9-8?. The number of aliphatic imine (C=N–C) groups is 1. The fourth-order valence-electron chi connectivity index (χ4n) is 0.705. The predicted molar refractivity (Wildman–Crippen MR) is 52.1 cm³/mol. The van der Waals surface area contributed by atoms with Crippen LogP contribution in [0.1, 0.15) is 6.42 Å². The maximum atomic E-state index is 4.12. The fourth-order valence-corrected chi connectivity index (χ4v) is 1.22. The minimum absolute atomic E-state index is 1.12. The molecule has 0 aliphatic carbocycles. The van der Waals surface area contributed by atoms with Gasteiger partial charge in [-0.05, 0) is 12.5 Å².